The Morgan fingerprint density at radius 3 is 2.83 bits per heavy atom. The van der Waals surface area contributed by atoms with Crippen molar-refractivity contribution in [1.29, 1.82) is 0 Å². The molecule has 6 nitrogen and oxygen atoms in total. The van der Waals surface area contributed by atoms with E-state index in [4.69, 9.17) is 4.74 Å². The number of ether oxygens (including phenoxy) is 1. The van der Waals surface area contributed by atoms with Crippen LogP contribution in [0, 0.1) is 12.8 Å². The molecule has 1 saturated heterocycles. The summed E-state index contributed by atoms with van der Waals surface area (Å²) in [6, 6.07) is 13.1. The molecule has 1 aromatic heterocycles. The summed E-state index contributed by atoms with van der Waals surface area (Å²) in [5, 5.41) is 3.90. The number of hydrogen-bond donors (Lipinski definition) is 1. The van der Waals surface area contributed by atoms with Crippen LogP contribution in [0.2, 0.25) is 0 Å². The summed E-state index contributed by atoms with van der Waals surface area (Å²) in [6.45, 7) is 5.06. The number of amides is 2. The van der Waals surface area contributed by atoms with E-state index in [1.54, 1.807) is 16.2 Å². The third kappa shape index (κ3) is 4.24. The van der Waals surface area contributed by atoms with Crippen molar-refractivity contribution in [3.05, 3.63) is 47.5 Å². The minimum atomic E-state index is -0.383. The molecule has 7 heteroatoms. The number of fused-ring (bicyclic) bond motifs is 1. The molecule has 1 atom stereocenters. The lowest BCUT2D eigenvalue weighted by molar-refractivity contribution is -0.122. The highest BCUT2D eigenvalue weighted by atomic mass is 32.1. The first-order chi connectivity index (χ1) is 14.0. The van der Waals surface area contributed by atoms with Gasteiger partial charge in [-0.15, -0.1) is 11.3 Å². The average molecular weight is 410 g/mol. The van der Waals surface area contributed by atoms with Gasteiger partial charge in [0.1, 0.15) is 5.75 Å². The fourth-order valence-electron chi connectivity index (χ4n) is 3.43. The van der Waals surface area contributed by atoms with Crippen LogP contribution in [0.4, 0.5) is 11.4 Å². The Bertz CT molecular complexity index is 1050. The second-order valence-electron chi connectivity index (χ2n) is 7.15. The summed E-state index contributed by atoms with van der Waals surface area (Å²) < 4.78 is 6.65. The Morgan fingerprint density at radius 1 is 1.28 bits per heavy atom. The van der Waals surface area contributed by atoms with E-state index in [-0.39, 0.29) is 24.2 Å². The maximum absolute atomic E-state index is 12.7. The number of nitrogens with one attached hydrogen (secondary N) is 1. The van der Waals surface area contributed by atoms with E-state index in [0.29, 0.717) is 18.8 Å². The van der Waals surface area contributed by atoms with Gasteiger partial charge in [-0.2, -0.15) is 0 Å². The molecule has 29 heavy (non-hydrogen) atoms. The molecular formula is C22H23N3O3S. The van der Waals surface area contributed by atoms with Gasteiger partial charge in [-0.25, -0.2) is 4.98 Å². The third-order valence-electron chi connectivity index (χ3n) is 4.88. The van der Waals surface area contributed by atoms with Crippen molar-refractivity contribution < 1.29 is 14.3 Å². The lowest BCUT2D eigenvalue weighted by Crippen LogP contribution is -2.28. The van der Waals surface area contributed by atoms with E-state index >= 15 is 0 Å². The average Bonchev–Trinajstić information content (AvgIpc) is 3.28. The Morgan fingerprint density at radius 2 is 2.07 bits per heavy atom. The number of hydrogen-bond acceptors (Lipinski definition) is 5. The van der Waals surface area contributed by atoms with Crippen molar-refractivity contribution in [3.63, 3.8) is 0 Å². The number of rotatable bonds is 6. The number of benzene rings is 2. The quantitative estimate of drug-likeness (QED) is 0.656. The minimum Gasteiger partial charge on any atom is -0.494 e. The van der Waals surface area contributed by atoms with Crippen LogP contribution in [-0.2, 0) is 9.59 Å². The topological polar surface area (TPSA) is 71.5 Å². The molecule has 1 fully saturated rings. The van der Waals surface area contributed by atoms with Crippen LogP contribution in [0.5, 0.6) is 5.75 Å². The van der Waals surface area contributed by atoms with E-state index in [1.807, 2.05) is 49.4 Å². The fourth-order valence-corrected chi connectivity index (χ4v) is 4.24. The SMILES string of the molecule is CCCOc1ccc(NC(=O)C2CC(=O)N(c3ccc4sc(C)nc4c3)C2)cc1. The number of anilines is 2. The number of aromatic nitrogens is 1. The van der Waals surface area contributed by atoms with Crippen molar-refractivity contribution in [3.8, 4) is 5.75 Å². The lowest BCUT2D eigenvalue weighted by atomic mass is 10.1. The normalized spacial score (nSPS) is 16.4. The van der Waals surface area contributed by atoms with E-state index in [0.717, 1.165) is 33.1 Å². The van der Waals surface area contributed by atoms with E-state index in [2.05, 4.69) is 17.2 Å². The first-order valence-corrected chi connectivity index (χ1v) is 10.6. The molecule has 2 amide bonds. The van der Waals surface area contributed by atoms with Crippen LogP contribution in [0.3, 0.4) is 0 Å². The summed E-state index contributed by atoms with van der Waals surface area (Å²) in [6.07, 6.45) is 1.15. The number of aryl methyl sites for hydroxylation is 1. The van der Waals surface area contributed by atoms with Gasteiger partial charge in [0.25, 0.3) is 0 Å². The first-order valence-electron chi connectivity index (χ1n) is 9.75. The summed E-state index contributed by atoms with van der Waals surface area (Å²) in [4.78, 5) is 31.4. The fraction of sp³-hybridized carbons (Fsp3) is 0.318. The molecule has 0 radical (unpaired) electrons. The Kier molecular flexibility index (Phi) is 5.49. The Balaban J connectivity index is 1.42. The predicted molar refractivity (Wildman–Crippen MR) is 116 cm³/mol. The summed E-state index contributed by atoms with van der Waals surface area (Å²) >= 11 is 1.63. The zero-order valence-electron chi connectivity index (χ0n) is 16.5. The van der Waals surface area contributed by atoms with Gasteiger partial charge in [0.15, 0.2) is 0 Å². The predicted octanol–water partition coefficient (Wildman–Crippen LogP) is 4.39. The monoisotopic (exact) mass is 409 g/mol. The van der Waals surface area contributed by atoms with Gasteiger partial charge in [-0.3, -0.25) is 9.59 Å². The van der Waals surface area contributed by atoms with Crippen LogP contribution >= 0.6 is 11.3 Å². The molecular weight excluding hydrogens is 386 g/mol. The van der Waals surface area contributed by atoms with Gasteiger partial charge in [0, 0.05) is 24.3 Å². The second kappa shape index (κ2) is 8.21. The molecule has 0 spiro atoms. The second-order valence-corrected chi connectivity index (χ2v) is 8.39. The number of thiazole rings is 1. The van der Waals surface area contributed by atoms with Crippen molar-refractivity contribution in [2.75, 3.05) is 23.4 Å². The van der Waals surface area contributed by atoms with Crippen molar-refractivity contribution in [2.45, 2.75) is 26.7 Å². The van der Waals surface area contributed by atoms with Crippen LogP contribution in [0.25, 0.3) is 10.2 Å². The van der Waals surface area contributed by atoms with E-state index in [1.165, 1.54) is 0 Å². The summed E-state index contributed by atoms with van der Waals surface area (Å²) in [7, 11) is 0. The molecule has 150 valence electrons. The molecule has 0 saturated carbocycles. The van der Waals surface area contributed by atoms with Gasteiger partial charge in [0.05, 0.1) is 27.7 Å². The van der Waals surface area contributed by atoms with Crippen LogP contribution in [-0.4, -0.2) is 29.9 Å². The number of nitrogens with zero attached hydrogens (tertiary/aromatic N) is 2. The van der Waals surface area contributed by atoms with Gasteiger partial charge < -0.3 is 15.0 Å². The van der Waals surface area contributed by atoms with Crippen molar-refractivity contribution in [1.82, 2.24) is 4.98 Å². The lowest BCUT2D eigenvalue weighted by Gasteiger charge is -2.17. The molecule has 3 aromatic rings. The number of carbonyl (C=O) groups is 2. The molecule has 1 aliphatic rings. The molecule has 2 heterocycles. The maximum atomic E-state index is 12.7. The highest BCUT2D eigenvalue weighted by Crippen LogP contribution is 2.30. The van der Waals surface area contributed by atoms with Crippen LogP contribution in [0.15, 0.2) is 42.5 Å². The molecule has 4 rings (SSSR count). The van der Waals surface area contributed by atoms with Crippen LogP contribution < -0.4 is 15.0 Å². The molecule has 1 N–H and O–H groups in total. The minimum absolute atomic E-state index is 0.0419. The summed E-state index contributed by atoms with van der Waals surface area (Å²) in [5.74, 6) is 0.208. The van der Waals surface area contributed by atoms with Gasteiger partial charge >= 0.3 is 0 Å². The van der Waals surface area contributed by atoms with E-state index in [9.17, 15) is 9.59 Å². The molecule has 1 unspecified atom stereocenters. The van der Waals surface area contributed by atoms with E-state index < -0.39 is 0 Å². The molecule has 0 bridgehead atoms. The van der Waals surface area contributed by atoms with Crippen molar-refractivity contribution >= 4 is 44.7 Å². The van der Waals surface area contributed by atoms with Gasteiger partial charge in [-0.05, 0) is 55.8 Å². The molecule has 2 aromatic carbocycles. The zero-order valence-corrected chi connectivity index (χ0v) is 17.3. The number of carbonyl (C=O) groups excluding carboxylic acids is 2. The zero-order chi connectivity index (χ0) is 20.4. The molecule has 0 aliphatic carbocycles. The smallest absolute Gasteiger partial charge is 0.229 e. The summed E-state index contributed by atoms with van der Waals surface area (Å²) in [5.41, 5.74) is 2.38. The van der Waals surface area contributed by atoms with Crippen LogP contribution in [0.1, 0.15) is 24.8 Å². The largest absolute Gasteiger partial charge is 0.494 e. The maximum Gasteiger partial charge on any atom is 0.229 e. The van der Waals surface area contributed by atoms with Gasteiger partial charge in [-0.1, -0.05) is 6.92 Å². The standard InChI is InChI=1S/C22H23N3O3S/c1-3-10-28-18-7-4-16(5-8-18)24-22(27)15-11-21(26)25(13-15)17-6-9-20-19(12-17)23-14(2)29-20/h4-9,12,15H,3,10-11,13H2,1-2H3,(H,24,27). The van der Waals surface area contributed by atoms with Crippen molar-refractivity contribution in [2.24, 2.45) is 5.92 Å². The Hall–Kier alpha value is -2.93. The van der Waals surface area contributed by atoms with Gasteiger partial charge in [0.2, 0.25) is 11.8 Å². The third-order valence-corrected chi connectivity index (χ3v) is 5.83. The highest BCUT2D eigenvalue weighted by molar-refractivity contribution is 7.18. The highest BCUT2D eigenvalue weighted by Gasteiger charge is 2.35. The Labute approximate surface area is 173 Å². The molecule has 1 aliphatic heterocycles. The first kappa shape index (κ1) is 19.4.